The number of allylic oxidation sites excluding steroid dienone is 2. The van der Waals surface area contributed by atoms with Crippen molar-refractivity contribution < 1.29 is 0 Å². The average Bonchev–Trinajstić information content (AvgIpc) is 1.83. The smallest absolute Gasteiger partial charge is 0.0654 e. The van der Waals surface area contributed by atoms with Crippen LogP contribution in [0.3, 0.4) is 0 Å². The first-order valence-electron chi connectivity index (χ1n) is 2.91. The Morgan fingerprint density at radius 1 is 1.67 bits per heavy atom. The molecule has 0 heterocycles. The summed E-state index contributed by atoms with van der Waals surface area (Å²) < 4.78 is 0. The Morgan fingerprint density at radius 2 is 2.33 bits per heavy atom. The summed E-state index contributed by atoms with van der Waals surface area (Å²) in [4.78, 5) is 0. The predicted molar refractivity (Wildman–Crippen MR) is 38.6 cm³/mol. The lowest BCUT2D eigenvalue weighted by Gasteiger charge is -2.11. The van der Waals surface area contributed by atoms with Gasteiger partial charge in [-0.2, -0.15) is 0 Å². The average molecular weight is 122 g/mol. The molecule has 0 aliphatic heterocycles. The first-order valence-corrected chi connectivity index (χ1v) is 2.91. The van der Waals surface area contributed by atoms with Gasteiger partial charge in [-0.1, -0.05) is 18.2 Å². The molecule has 0 bridgehead atoms. The second kappa shape index (κ2) is 2.15. The minimum atomic E-state index is -0.185. The highest BCUT2D eigenvalue weighted by Crippen LogP contribution is 2.05. The molecule has 1 rings (SSSR count). The molecule has 0 saturated heterocycles. The molecule has 0 aromatic carbocycles. The van der Waals surface area contributed by atoms with Crippen molar-refractivity contribution in [2.24, 2.45) is 5.73 Å². The van der Waals surface area contributed by atoms with Gasteiger partial charge in [-0.3, -0.25) is 0 Å². The maximum Gasteiger partial charge on any atom is 0.0654 e. The van der Waals surface area contributed by atoms with Crippen LogP contribution in [0.2, 0.25) is 0 Å². The van der Waals surface area contributed by atoms with Crippen molar-refractivity contribution >= 4 is 5.71 Å². The normalized spacial score (nSPS) is 26.2. The Bertz CT molecular complexity index is 189. The van der Waals surface area contributed by atoms with Crippen molar-refractivity contribution in [3.63, 3.8) is 0 Å². The molecule has 0 spiro atoms. The number of hydrogen-bond acceptors (Lipinski definition) is 2. The zero-order valence-electron chi connectivity index (χ0n) is 5.39. The van der Waals surface area contributed by atoms with Crippen LogP contribution in [-0.4, -0.2) is 11.8 Å². The van der Waals surface area contributed by atoms with Crippen LogP contribution in [0.4, 0.5) is 0 Å². The molecule has 1 aliphatic rings. The molecule has 0 radical (unpaired) electrons. The summed E-state index contributed by atoms with van der Waals surface area (Å²) >= 11 is 0. The zero-order valence-corrected chi connectivity index (χ0v) is 5.39. The molecule has 2 nitrogen and oxygen atoms in total. The fraction of sp³-hybridized carbons (Fsp3) is 0.286. The summed E-state index contributed by atoms with van der Waals surface area (Å²) in [6.07, 6.45) is 5.60. The third kappa shape index (κ3) is 1.08. The Balaban J connectivity index is 2.86. The van der Waals surface area contributed by atoms with Crippen LogP contribution < -0.4 is 5.73 Å². The van der Waals surface area contributed by atoms with Crippen molar-refractivity contribution in [3.8, 4) is 0 Å². The van der Waals surface area contributed by atoms with E-state index in [2.05, 4.69) is 0 Å². The Hall–Kier alpha value is -0.890. The van der Waals surface area contributed by atoms with Crippen LogP contribution in [0.1, 0.15) is 6.92 Å². The monoisotopic (exact) mass is 122 g/mol. The number of nitrogens with two attached hydrogens (primary N) is 1. The van der Waals surface area contributed by atoms with Gasteiger partial charge in [-0.15, -0.1) is 0 Å². The van der Waals surface area contributed by atoms with Gasteiger partial charge in [0.25, 0.3) is 0 Å². The van der Waals surface area contributed by atoms with Gasteiger partial charge in [0, 0.05) is 0 Å². The third-order valence-corrected chi connectivity index (χ3v) is 1.42. The third-order valence-electron chi connectivity index (χ3n) is 1.42. The number of nitrogens with one attached hydrogen (secondary N) is 1. The van der Waals surface area contributed by atoms with Crippen LogP contribution >= 0.6 is 0 Å². The summed E-state index contributed by atoms with van der Waals surface area (Å²) in [5.74, 6) is 0. The van der Waals surface area contributed by atoms with Crippen molar-refractivity contribution in [2.75, 3.05) is 0 Å². The molecule has 1 aliphatic carbocycles. The van der Waals surface area contributed by atoms with E-state index in [1.54, 1.807) is 0 Å². The van der Waals surface area contributed by atoms with Gasteiger partial charge in [0.2, 0.25) is 0 Å². The second-order valence-electron chi connectivity index (χ2n) is 2.17. The van der Waals surface area contributed by atoms with E-state index in [0.29, 0.717) is 5.71 Å². The summed E-state index contributed by atoms with van der Waals surface area (Å²) in [6.45, 7) is 1.89. The second-order valence-corrected chi connectivity index (χ2v) is 2.17. The SMILES string of the molecule is CC1=CC=CC(N)C1=N. The molecule has 48 valence electrons. The highest BCUT2D eigenvalue weighted by atomic mass is 14.7. The van der Waals surface area contributed by atoms with Crippen LogP contribution in [0.25, 0.3) is 0 Å². The van der Waals surface area contributed by atoms with Crippen molar-refractivity contribution in [1.29, 1.82) is 5.41 Å². The van der Waals surface area contributed by atoms with Gasteiger partial charge in [0.15, 0.2) is 0 Å². The van der Waals surface area contributed by atoms with Crippen LogP contribution in [-0.2, 0) is 0 Å². The van der Waals surface area contributed by atoms with E-state index in [0.717, 1.165) is 5.57 Å². The van der Waals surface area contributed by atoms with Gasteiger partial charge in [-0.05, 0) is 12.5 Å². The highest BCUT2D eigenvalue weighted by Gasteiger charge is 2.08. The molecule has 0 amide bonds. The molecule has 0 saturated carbocycles. The van der Waals surface area contributed by atoms with Gasteiger partial charge >= 0.3 is 0 Å². The first kappa shape index (κ1) is 6.23. The van der Waals surface area contributed by atoms with E-state index < -0.39 is 0 Å². The Kier molecular flexibility index (Phi) is 1.49. The van der Waals surface area contributed by atoms with E-state index in [9.17, 15) is 0 Å². The predicted octanol–water partition coefficient (Wildman–Crippen LogP) is 0.850. The van der Waals surface area contributed by atoms with E-state index in [-0.39, 0.29) is 6.04 Å². The maximum absolute atomic E-state index is 7.36. The van der Waals surface area contributed by atoms with Gasteiger partial charge in [-0.25, -0.2) is 0 Å². The maximum atomic E-state index is 7.36. The fourth-order valence-electron chi connectivity index (χ4n) is 0.768. The molecular weight excluding hydrogens is 112 g/mol. The van der Waals surface area contributed by atoms with E-state index in [1.807, 2.05) is 25.2 Å². The molecule has 0 aromatic rings. The first-order chi connectivity index (χ1) is 4.22. The lowest BCUT2D eigenvalue weighted by atomic mass is 10.0. The molecule has 9 heavy (non-hydrogen) atoms. The largest absolute Gasteiger partial charge is 0.319 e. The lowest BCUT2D eigenvalue weighted by molar-refractivity contribution is 1.05. The molecule has 1 atom stereocenters. The molecule has 1 unspecified atom stereocenters. The zero-order chi connectivity index (χ0) is 6.85. The number of rotatable bonds is 0. The number of hydrogen-bond donors (Lipinski definition) is 2. The highest BCUT2D eigenvalue weighted by molar-refractivity contribution is 6.03. The van der Waals surface area contributed by atoms with E-state index in [4.69, 9.17) is 11.1 Å². The summed E-state index contributed by atoms with van der Waals surface area (Å²) in [5.41, 5.74) is 7.00. The molecule has 0 aromatic heterocycles. The molecule has 3 N–H and O–H groups in total. The van der Waals surface area contributed by atoms with Gasteiger partial charge in [0.1, 0.15) is 0 Å². The van der Waals surface area contributed by atoms with Gasteiger partial charge in [0.05, 0.1) is 11.8 Å². The quantitative estimate of drug-likeness (QED) is 0.491. The molecule has 2 heteroatoms. The fourth-order valence-corrected chi connectivity index (χ4v) is 0.768. The minimum Gasteiger partial charge on any atom is -0.319 e. The van der Waals surface area contributed by atoms with Crippen molar-refractivity contribution in [1.82, 2.24) is 0 Å². The lowest BCUT2D eigenvalue weighted by Crippen LogP contribution is -2.29. The van der Waals surface area contributed by atoms with Gasteiger partial charge < -0.3 is 11.1 Å². The summed E-state index contributed by atoms with van der Waals surface area (Å²) in [5, 5.41) is 7.36. The standard InChI is InChI=1S/C7H10N2/c1-5-3-2-4-6(8)7(5)9/h2-4,6,9H,8H2,1H3. The van der Waals surface area contributed by atoms with E-state index in [1.165, 1.54) is 0 Å². The molecular formula is C7H10N2. The van der Waals surface area contributed by atoms with Crippen molar-refractivity contribution in [3.05, 3.63) is 23.8 Å². The Labute approximate surface area is 54.6 Å². The minimum absolute atomic E-state index is 0.185. The van der Waals surface area contributed by atoms with Crippen molar-refractivity contribution in [2.45, 2.75) is 13.0 Å². The van der Waals surface area contributed by atoms with Crippen LogP contribution in [0.5, 0.6) is 0 Å². The summed E-state index contributed by atoms with van der Waals surface area (Å²) in [7, 11) is 0. The van der Waals surface area contributed by atoms with Crippen LogP contribution in [0, 0.1) is 5.41 Å². The topological polar surface area (TPSA) is 49.9 Å². The Morgan fingerprint density at radius 3 is 2.78 bits per heavy atom. The van der Waals surface area contributed by atoms with Crippen LogP contribution in [0.15, 0.2) is 23.8 Å². The van der Waals surface area contributed by atoms with E-state index >= 15 is 0 Å². The molecule has 0 fully saturated rings. The summed E-state index contributed by atoms with van der Waals surface area (Å²) in [6, 6.07) is -0.185.